The average molecular weight is 374 g/mol. The molecule has 0 saturated heterocycles. The number of rotatable bonds is 7. The first-order valence-electron chi connectivity index (χ1n) is 9.22. The van der Waals surface area contributed by atoms with E-state index in [0.29, 0.717) is 25.0 Å². The van der Waals surface area contributed by atoms with Crippen molar-refractivity contribution in [2.45, 2.75) is 20.5 Å². The van der Waals surface area contributed by atoms with Crippen LogP contribution in [0.4, 0.5) is 11.7 Å². The van der Waals surface area contributed by atoms with Crippen molar-refractivity contribution >= 4 is 11.7 Å². The van der Waals surface area contributed by atoms with Gasteiger partial charge in [-0.1, -0.05) is 36.4 Å². The number of ether oxygens (including phenoxy) is 1. The number of nitrogens with one attached hydrogen (secondary N) is 2. The van der Waals surface area contributed by atoms with Gasteiger partial charge in [0.25, 0.3) is 6.01 Å². The van der Waals surface area contributed by atoms with Crippen LogP contribution in [0, 0.1) is 6.92 Å². The Labute approximate surface area is 163 Å². The number of nitrogens with zero attached hydrogens (tertiary/aromatic N) is 2. The molecule has 6 nitrogen and oxygen atoms in total. The standard InChI is InChI=1S/C22H22N4O2/c1-3-27-14-16-5-4-15(2)20(10-16)26-22-23-13-21(28-22)18-8-6-17(7-9-18)19-11-24-25-12-19/h4-13H,3,14H2,1-2H3,(H,23,26)(H,24,25). The second-order valence-corrected chi connectivity index (χ2v) is 6.51. The fraction of sp³-hybridized carbons (Fsp3) is 0.182. The minimum absolute atomic E-state index is 0.463. The molecule has 4 aromatic rings. The Kier molecular flexibility index (Phi) is 5.21. The fourth-order valence-corrected chi connectivity index (χ4v) is 2.93. The van der Waals surface area contributed by atoms with Crippen LogP contribution in [0.25, 0.3) is 22.5 Å². The van der Waals surface area contributed by atoms with Crippen molar-refractivity contribution < 1.29 is 9.15 Å². The van der Waals surface area contributed by atoms with Crippen LogP contribution in [-0.2, 0) is 11.3 Å². The molecular weight excluding hydrogens is 352 g/mol. The lowest BCUT2D eigenvalue weighted by atomic mass is 10.1. The van der Waals surface area contributed by atoms with E-state index in [4.69, 9.17) is 9.15 Å². The minimum atomic E-state index is 0.463. The third kappa shape index (κ3) is 3.97. The SMILES string of the molecule is CCOCc1ccc(C)c(Nc2ncc(-c3ccc(-c4cn[nH]c4)cc3)o2)c1. The quantitative estimate of drug-likeness (QED) is 0.458. The van der Waals surface area contributed by atoms with E-state index in [1.165, 1.54) is 0 Å². The third-order valence-corrected chi connectivity index (χ3v) is 4.52. The smallest absolute Gasteiger partial charge is 0.299 e. The largest absolute Gasteiger partial charge is 0.423 e. The normalized spacial score (nSPS) is 10.9. The zero-order valence-electron chi connectivity index (χ0n) is 15.9. The van der Waals surface area contributed by atoms with E-state index in [0.717, 1.165) is 33.5 Å². The number of benzene rings is 2. The van der Waals surface area contributed by atoms with Crippen molar-refractivity contribution in [3.8, 4) is 22.5 Å². The summed E-state index contributed by atoms with van der Waals surface area (Å²) in [6.45, 7) is 5.32. The molecule has 0 atom stereocenters. The van der Waals surface area contributed by atoms with Crippen molar-refractivity contribution in [1.82, 2.24) is 15.2 Å². The van der Waals surface area contributed by atoms with Crippen molar-refractivity contribution in [2.24, 2.45) is 0 Å². The number of aromatic nitrogens is 3. The second kappa shape index (κ2) is 8.10. The highest BCUT2D eigenvalue weighted by molar-refractivity contribution is 5.68. The Bertz CT molecular complexity index is 1040. The Balaban J connectivity index is 1.50. The van der Waals surface area contributed by atoms with Crippen molar-refractivity contribution in [1.29, 1.82) is 0 Å². The van der Waals surface area contributed by atoms with Crippen LogP contribution < -0.4 is 5.32 Å². The van der Waals surface area contributed by atoms with E-state index < -0.39 is 0 Å². The first-order valence-corrected chi connectivity index (χ1v) is 9.22. The topological polar surface area (TPSA) is 76.0 Å². The Morgan fingerprint density at radius 1 is 1.04 bits per heavy atom. The lowest BCUT2D eigenvalue weighted by Gasteiger charge is -2.09. The number of hydrogen-bond donors (Lipinski definition) is 2. The monoisotopic (exact) mass is 374 g/mol. The predicted octanol–water partition coefficient (Wildman–Crippen LogP) is 5.32. The first-order chi connectivity index (χ1) is 13.7. The summed E-state index contributed by atoms with van der Waals surface area (Å²) in [5.41, 5.74) is 6.29. The van der Waals surface area contributed by atoms with E-state index in [-0.39, 0.29) is 0 Å². The molecular formula is C22H22N4O2. The van der Waals surface area contributed by atoms with Crippen LogP contribution in [0.5, 0.6) is 0 Å². The highest BCUT2D eigenvalue weighted by Crippen LogP contribution is 2.28. The number of aryl methyl sites for hydroxylation is 1. The van der Waals surface area contributed by atoms with Gasteiger partial charge in [-0.3, -0.25) is 5.10 Å². The molecule has 2 heterocycles. The molecule has 0 radical (unpaired) electrons. The van der Waals surface area contributed by atoms with Crippen LogP contribution in [0.2, 0.25) is 0 Å². The molecule has 0 saturated carbocycles. The van der Waals surface area contributed by atoms with Crippen molar-refractivity contribution in [2.75, 3.05) is 11.9 Å². The van der Waals surface area contributed by atoms with Gasteiger partial charge in [0, 0.05) is 29.6 Å². The second-order valence-electron chi connectivity index (χ2n) is 6.51. The van der Waals surface area contributed by atoms with Gasteiger partial charge in [-0.2, -0.15) is 5.10 Å². The minimum Gasteiger partial charge on any atom is -0.423 e. The fourth-order valence-electron chi connectivity index (χ4n) is 2.93. The summed E-state index contributed by atoms with van der Waals surface area (Å²) in [5.74, 6) is 0.712. The Morgan fingerprint density at radius 3 is 2.61 bits per heavy atom. The van der Waals surface area contributed by atoms with Gasteiger partial charge in [-0.15, -0.1) is 0 Å². The van der Waals surface area contributed by atoms with Crippen molar-refractivity contribution in [3.63, 3.8) is 0 Å². The number of hydrogen-bond acceptors (Lipinski definition) is 5. The van der Waals surface area contributed by atoms with E-state index >= 15 is 0 Å². The molecule has 0 unspecified atom stereocenters. The molecule has 2 N–H and O–H groups in total. The van der Waals surface area contributed by atoms with Crippen LogP contribution in [0.15, 0.2) is 65.5 Å². The van der Waals surface area contributed by atoms with Gasteiger partial charge in [0.15, 0.2) is 5.76 Å². The maximum absolute atomic E-state index is 5.91. The molecule has 0 amide bonds. The summed E-state index contributed by atoms with van der Waals surface area (Å²) < 4.78 is 11.4. The van der Waals surface area contributed by atoms with E-state index in [9.17, 15) is 0 Å². The molecule has 28 heavy (non-hydrogen) atoms. The third-order valence-electron chi connectivity index (χ3n) is 4.52. The zero-order chi connectivity index (χ0) is 19.3. The maximum atomic E-state index is 5.91. The van der Waals surface area contributed by atoms with E-state index in [2.05, 4.69) is 38.7 Å². The van der Waals surface area contributed by atoms with Gasteiger partial charge >= 0.3 is 0 Å². The summed E-state index contributed by atoms with van der Waals surface area (Å²) >= 11 is 0. The maximum Gasteiger partial charge on any atom is 0.299 e. The van der Waals surface area contributed by atoms with E-state index in [1.54, 1.807) is 12.4 Å². The highest BCUT2D eigenvalue weighted by Gasteiger charge is 2.09. The molecule has 2 aromatic carbocycles. The van der Waals surface area contributed by atoms with Gasteiger partial charge in [0.05, 0.1) is 19.0 Å². The molecule has 0 aliphatic rings. The van der Waals surface area contributed by atoms with Crippen LogP contribution in [0.3, 0.4) is 0 Å². The molecule has 2 aromatic heterocycles. The summed E-state index contributed by atoms with van der Waals surface area (Å²) in [4.78, 5) is 4.37. The summed E-state index contributed by atoms with van der Waals surface area (Å²) in [7, 11) is 0. The Hall–Kier alpha value is -3.38. The van der Waals surface area contributed by atoms with Crippen LogP contribution in [0.1, 0.15) is 18.1 Å². The first kappa shape index (κ1) is 18.0. The average Bonchev–Trinajstić information content (AvgIpc) is 3.41. The zero-order valence-corrected chi connectivity index (χ0v) is 15.9. The molecule has 4 rings (SSSR count). The summed E-state index contributed by atoms with van der Waals surface area (Å²) in [5, 5.41) is 10.1. The number of H-pyrrole nitrogens is 1. The molecule has 0 spiro atoms. The lowest BCUT2D eigenvalue weighted by Crippen LogP contribution is -1.97. The van der Waals surface area contributed by atoms with Crippen LogP contribution >= 0.6 is 0 Å². The number of oxazole rings is 1. The van der Waals surface area contributed by atoms with Gasteiger partial charge < -0.3 is 14.5 Å². The predicted molar refractivity (Wildman–Crippen MR) is 109 cm³/mol. The summed E-state index contributed by atoms with van der Waals surface area (Å²) in [6.07, 6.45) is 5.40. The summed E-state index contributed by atoms with van der Waals surface area (Å²) in [6, 6.07) is 14.8. The van der Waals surface area contributed by atoms with Gasteiger partial charge in [-0.25, -0.2) is 4.98 Å². The molecule has 0 bridgehead atoms. The van der Waals surface area contributed by atoms with Gasteiger partial charge in [-0.05, 0) is 36.6 Å². The molecule has 142 valence electrons. The Morgan fingerprint density at radius 2 is 1.86 bits per heavy atom. The molecule has 0 fully saturated rings. The van der Waals surface area contributed by atoms with Crippen LogP contribution in [-0.4, -0.2) is 21.8 Å². The van der Waals surface area contributed by atoms with Gasteiger partial charge in [0.2, 0.25) is 0 Å². The number of aromatic amines is 1. The number of anilines is 2. The molecule has 0 aliphatic carbocycles. The lowest BCUT2D eigenvalue weighted by molar-refractivity contribution is 0.134. The van der Waals surface area contributed by atoms with E-state index in [1.807, 2.05) is 44.3 Å². The van der Waals surface area contributed by atoms with Gasteiger partial charge in [0.1, 0.15) is 0 Å². The van der Waals surface area contributed by atoms with Crippen molar-refractivity contribution in [3.05, 3.63) is 72.2 Å². The highest BCUT2D eigenvalue weighted by atomic mass is 16.5. The molecule has 0 aliphatic heterocycles. The molecule has 6 heteroatoms.